The first kappa shape index (κ1) is 26.4. The Hall–Kier alpha value is -1.89. The predicted octanol–water partition coefficient (Wildman–Crippen LogP) is 5.42. The number of ether oxygens (including phenoxy) is 1. The zero-order valence-electron chi connectivity index (χ0n) is 18.9. The molecule has 0 unspecified atom stereocenters. The second-order valence-electron chi connectivity index (χ2n) is 7.93. The van der Waals surface area contributed by atoms with E-state index < -0.39 is 6.04 Å². The molecule has 1 N–H and O–H groups in total. The Kier molecular flexibility index (Phi) is 10.7. The van der Waals surface area contributed by atoms with Crippen LogP contribution >= 0.6 is 35.0 Å². The van der Waals surface area contributed by atoms with Crippen molar-refractivity contribution in [3.63, 3.8) is 0 Å². The van der Waals surface area contributed by atoms with Crippen LogP contribution in [0.15, 0.2) is 42.5 Å². The van der Waals surface area contributed by atoms with Gasteiger partial charge in [0.25, 0.3) is 0 Å². The van der Waals surface area contributed by atoms with Gasteiger partial charge >= 0.3 is 0 Å². The minimum Gasteiger partial charge on any atom is -0.497 e. The summed E-state index contributed by atoms with van der Waals surface area (Å²) in [5, 5.41) is 3.79. The maximum atomic E-state index is 13.1. The number of halogens is 2. The lowest BCUT2D eigenvalue weighted by Gasteiger charge is -2.29. The summed E-state index contributed by atoms with van der Waals surface area (Å²) in [5.74, 6) is 1.78. The summed E-state index contributed by atoms with van der Waals surface area (Å²) in [4.78, 5) is 27.4. The first-order chi connectivity index (χ1) is 15.2. The van der Waals surface area contributed by atoms with E-state index in [0.29, 0.717) is 28.3 Å². The standard InChI is InChI=1S/C24H30Cl2N2O3S/c1-16(2)12-27-24(30)17(3)28(13-19-7-10-21(25)22(26)11-19)23(29)15-32-14-18-5-8-20(31-4)9-6-18/h5-11,16-17H,12-15H2,1-4H3,(H,27,30)/t17-/m1/s1. The van der Waals surface area contributed by atoms with Crippen LogP contribution in [0.4, 0.5) is 0 Å². The van der Waals surface area contributed by atoms with Gasteiger partial charge in [-0.3, -0.25) is 9.59 Å². The van der Waals surface area contributed by atoms with Crippen molar-refractivity contribution < 1.29 is 14.3 Å². The maximum Gasteiger partial charge on any atom is 0.242 e. The Bertz CT molecular complexity index is 907. The number of amides is 2. The third kappa shape index (κ3) is 8.23. The van der Waals surface area contributed by atoms with E-state index in [9.17, 15) is 9.59 Å². The molecule has 2 rings (SSSR count). The molecule has 32 heavy (non-hydrogen) atoms. The third-order valence-electron chi connectivity index (χ3n) is 4.84. The molecule has 2 aromatic carbocycles. The van der Waals surface area contributed by atoms with E-state index in [1.165, 1.54) is 11.8 Å². The first-order valence-corrected chi connectivity index (χ1v) is 12.3. The summed E-state index contributed by atoms with van der Waals surface area (Å²) in [5.41, 5.74) is 1.92. The van der Waals surface area contributed by atoms with Gasteiger partial charge in [0.2, 0.25) is 11.8 Å². The van der Waals surface area contributed by atoms with E-state index in [2.05, 4.69) is 5.32 Å². The van der Waals surface area contributed by atoms with E-state index in [0.717, 1.165) is 16.9 Å². The van der Waals surface area contributed by atoms with E-state index in [1.807, 2.05) is 44.2 Å². The molecule has 2 aromatic rings. The van der Waals surface area contributed by atoms with E-state index in [1.54, 1.807) is 31.1 Å². The van der Waals surface area contributed by atoms with Crippen molar-refractivity contribution in [3.05, 3.63) is 63.6 Å². The molecule has 1 atom stereocenters. The number of thioether (sulfide) groups is 1. The largest absolute Gasteiger partial charge is 0.497 e. The highest BCUT2D eigenvalue weighted by atomic mass is 35.5. The van der Waals surface area contributed by atoms with E-state index >= 15 is 0 Å². The molecule has 0 fully saturated rings. The average molecular weight is 497 g/mol. The second-order valence-corrected chi connectivity index (χ2v) is 9.73. The van der Waals surface area contributed by atoms with Crippen LogP contribution in [0.5, 0.6) is 5.75 Å². The van der Waals surface area contributed by atoms with Crippen LogP contribution < -0.4 is 10.1 Å². The van der Waals surface area contributed by atoms with Crippen molar-refractivity contribution >= 4 is 46.8 Å². The highest BCUT2D eigenvalue weighted by Gasteiger charge is 2.26. The number of methoxy groups -OCH3 is 1. The molecule has 0 aliphatic heterocycles. The van der Waals surface area contributed by atoms with Crippen LogP contribution in [-0.4, -0.2) is 42.2 Å². The quantitative estimate of drug-likeness (QED) is 0.450. The molecule has 0 heterocycles. The molecular weight excluding hydrogens is 467 g/mol. The van der Waals surface area contributed by atoms with Crippen molar-refractivity contribution in [2.75, 3.05) is 19.4 Å². The zero-order valence-corrected chi connectivity index (χ0v) is 21.2. The number of rotatable bonds is 11. The molecule has 0 aliphatic carbocycles. The Labute approximate surface area is 204 Å². The fourth-order valence-electron chi connectivity index (χ4n) is 2.93. The van der Waals surface area contributed by atoms with Crippen molar-refractivity contribution in [2.45, 2.75) is 39.1 Å². The van der Waals surface area contributed by atoms with Gasteiger partial charge in [0, 0.05) is 18.8 Å². The van der Waals surface area contributed by atoms with Gasteiger partial charge in [-0.15, -0.1) is 11.8 Å². The Balaban J connectivity index is 2.07. The number of benzene rings is 2. The van der Waals surface area contributed by atoms with Gasteiger partial charge < -0.3 is 15.0 Å². The molecule has 0 saturated carbocycles. The van der Waals surface area contributed by atoms with Crippen LogP contribution in [-0.2, 0) is 21.9 Å². The minimum absolute atomic E-state index is 0.109. The van der Waals surface area contributed by atoms with Crippen LogP contribution in [0.25, 0.3) is 0 Å². The Morgan fingerprint density at radius 1 is 1.03 bits per heavy atom. The Morgan fingerprint density at radius 3 is 2.28 bits per heavy atom. The maximum absolute atomic E-state index is 13.1. The predicted molar refractivity (Wildman–Crippen MR) is 133 cm³/mol. The van der Waals surface area contributed by atoms with Gasteiger partial charge in [0.05, 0.1) is 22.9 Å². The number of carbonyl (C=O) groups excluding carboxylic acids is 2. The second kappa shape index (κ2) is 13.0. The smallest absolute Gasteiger partial charge is 0.242 e. The molecule has 0 aromatic heterocycles. The van der Waals surface area contributed by atoms with Gasteiger partial charge in [0.15, 0.2) is 0 Å². The van der Waals surface area contributed by atoms with Crippen molar-refractivity contribution in [2.24, 2.45) is 5.92 Å². The van der Waals surface area contributed by atoms with E-state index in [4.69, 9.17) is 27.9 Å². The van der Waals surface area contributed by atoms with Gasteiger partial charge in [0.1, 0.15) is 11.8 Å². The number of hydrogen-bond acceptors (Lipinski definition) is 4. The summed E-state index contributed by atoms with van der Waals surface area (Å²) in [6.45, 7) is 6.64. The highest BCUT2D eigenvalue weighted by Crippen LogP contribution is 2.24. The zero-order chi connectivity index (χ0) is 23.7. The molecule has 8 heteroatoms. The molecule has 0 bridgehead atoms. The van der Waals surface area contributed by atoms with Gasteiger partial charge in [-0.05, 0) is 48.2 Å². The van der Waals surface area contributed by atoms with E-state index in [-0.39, 0.29) is 24.1 Å². The SMILES string of the molecule is COc1ccc(CSCC(=O)N(Cc2ccc(Cl)c(Cl)c2)[C@H](C)C(=O)NCC(C)C)cc1. The molecule has 0 radical (unpaired) electrons. The van der Waals surface area contributed by atoms with Gasteiger partial charge in [-0.2, -0.15) is 0 Å². The first-order valence-electron chi connectivity index (χ1n) is 10.4. The molecule has 0 saturated heterocycles. The fraction of sp³-hybridized carbons (Fsp3) is 0.417. The lowest BCUT2D eigenvalue weighted by molar-refractivity contribution is -0.138. The van der Waals surface area contributed by atoms with Crippen LogP contribution in [0.2, 0.25) is 10.0 Å². The third-order valence-corrected chi connectivity index (χ3v) is 6.57. The number of hydrogen-bond donors (Lipinski definition) is 1. The number of nitrogens with one attached hydrogen (secondary N) is 1. The van der Waals surface area contributed by atoms with Crippen LogP contribution in [0, 0.1) is 5.92 Å². The van der Waals surface area contributed by atoms with Gasteiger partial charge in [-0.1, -0.05) is 55.2 Å². The van der Waals surface area contributed by atoms with Crippen molar-refractivity contribution in [3.8, 4) is 5.75 Å². The summed E-state index contributed by atoms with van der Waals surface area (Å²) >= 11 is 13.7. The summed E-state index contributed by atoms with van der Waals surface area (Å²) < 4.78 is 5.18. The fourth-order valence-corrected chi connectivity index (χ4v) is 4.12. The summed E-state index contributed by atoms with van der Waals surface area (Å²) in [6, 6.07) is 12.4. The molecular formula is C24H30Cl2N2O3S. The molecule has 0 aliphatic rings. The average Bonchev–Trinajstić information content (AvgIpc) is 2.78. The normalized spacial score (nSPS) is 11.8. The van der Waals surface area contributed by atoms with Crippen LogP contribution in [0.3, 0.4) is 0 Å². The lowest BCUT2D eigenvalue weighted by atomic mass is 10.1. The minimum atomic E-state index is -0.614. The molecule has 0 spiro atoms. The summed E-state index contributed by atoms with van der Waals surface area (Å²) in [6.07, 6.45) is 0. The van der Waals surface area contributed by atoms with Crippen molar-refractivity contribution in [1.29, 1.82) is 0 Å². The monoisotopic (exact) mass is 496 g/mol. The molecule has 174 valence electrons. The lowest BCUT2D eigenvalue weighted by Crippen LogP contribution is -2.48. The molecule has 5 nitrogen and oxygen atoms in total. The highest BCUT2D eigenvalue weighted by molar-refractivity contribution is 7.99. The molecule has 2 amide bonds. The Morgan fingerprint density at radius 2 is 1.69 bits per heavy atom. The van der Waals surface area contributed by atoms with Crippen LogP contribution in [0.1, 0.15) is 31.9 Å². The number of carbonyl (C=O) groups is 2. The van der Waals surface area contributed by atoms with Gasteiger partial charge in [-0.25, -0.2) is 0 Å². The summed E-state index contributed by atoms with van der Waals surface area (Å²) in [7, 11) is 1.63. The number of nitrogens with zero attached hydrogens (tertiary/aromatic N) is 1. The topological polar surface area (TPSA) is 58.6 Å². The van der Waals surface area contributed by atoms with Crippen molar-refractivity contribution in [1.82, 2.24) is 10.2 Å².